The fourth-order valence-electron chi connectivity index (χ4n) is 7.08. The van der Waals surface area contributed by atoms with Crippen molar-refractivity contribution < 1.29 is 29.1 Å². The van der Waals surface area contributed by atoms with Gasteiger partial charge in [0.1, 0.15) is 11.6 Å². The molecule has 0 fully saturated rings. The number of aryl methyl sites for hydroxylation is 1. The van der Waals surface area contributed by atoms with Crippen molar-refractivity contribution in [3.63, 3.8) is 0 Å². The molecule has 5 aromatic carbocycles. The summed E-state index contributed by atoms with van der Waals surface area (Å²) in [5.41, 5.74) is 6.66. The van der Waals surface area contributed by atoms with Gasteiger partial charge < -0.3 is 21.5 Å². The fourth-order valence-corrected chi connectivity index (χ4v) is 9.92. The second kappa shape index (κ2) is 22.8. The summed E-state index contributed by atoms with van der Waals surface area (Å²) in [6, 6.07) is 34.2. The predicted molar refractivity (Wildman–Crippen MR) is 256 cm³/mol. The van der Waals surface area contributed by atoms with E-state index in [1.54, 1.807) is 78.9 Å². The molecule has 324 valence electrons. The van der Waals surface area contributed by atoms with E-state index < -0.39 is 41.4 Å². The Hall–Kier alpha value is -4.47. The summed E-state index contributed by atoms with van der Waals surface area (Å²) in [5, 5.41) is 18.2. The molecule has 10 nitrogen and oxygen atoms in total. The molecule has 5 amide bonds. The summed E-state index contributed by atoms with van der Waals surface area (Å²) < 4.78 is 0.930. The lowest BCUT2D eigenvalue weighted by Gasteiger charge is -2.41. The van der Waals surface area contributed by atoms with E-state index in [1.165, 1.54) is 0 Å². The van der Waals surface area contributed by atoms with Crippen molar-refractivity contribution in [3.8, 4) is 0 Å². The van der Waals surface area contributed by atoms with Crippen LogP contribution >= 0.6 is 63.7 Å². The van der Waals surface area contributed by atoms with Gasteiger partial charge in [-0.05, 0) is 112 Å². The fraction of sp³-hybridized carbons (Fsp3) is 0.271. The quantitative estimate of drug-likeness (QED) is 0.0476. The first-order chi connectivity index (χ1) is 29.6. The van der Waals surface area contributed by atoms with E-state index in [4.69, 9.17) is 5.73 Å². The molecule has 14 heteroatoms. The number of urea groups is 1. The van der Waals surface area contributed by atoms with Crippen LogP contribution in [-0.4, -0.2) is 63.8 Å². The monoisotopic (exact) mass is 1090 g/mol. The Balaban J connectivity index is 1.64. The molecule has 5 N–H and O–H groups in total. The third-order valence-electron chi connectivity index (χ3n) is 10.5. The average Bonchev–Trinajstić information content (AvgIpc) is 3.26. The van der Waals surface area contributed by atoms with E-state index in [0.29, 0.717) is 30.4 Å². The largest absolute Gasteiger partial charge is 0.390 e. The van der Waals surface area contributed by atoms with Gasteiger partial charge in [0, 0.05) is 42.8 Å². The van der Waals surface area contributed by atoms with E-state index in [-0.39, 0.29) is 66.5 Å². The van der Waals surface area contributed by atoms with Gasteiger partial charge in [0.2, 0.25) is 5.91 Å². The van der Waals surface area contributed by atoms with Gasteiger partial charge in [0.05, 0.1) is 17.2 Å². The van der Waals surface area contributed by atoms with Crippen LogP contribution in [0, 0.1) is 5.92 Å². The minimum Gasteiger partial charge on any atom is -0.390 e. The van der Waals surface area contributed by atoms with Gasteiger partial charge in [-0.3, -0.25) is 24.1 Å². The predicted octanol–water partition coefficient (Wildman–Crippen LogP) is 9.74. The number of nitrogens with two attached hydrogens (primary N) is 1. The second-order valence-electron chi connectivity index (χ2n) is 15.4. The number of aliphatic hydroxyl groups excluding tert-OH is 1. The lowest BCUT2D eigenvalue weighted by atomic mass is 9.80. The molecule has 0 aliphatic rings. The van der Waals surface area contributed by atoms with Gasteiger partial charge in [-0.15, -0.1) is 0 Å². The Morgan fingerprint density at radius 2 is 1.16 bits per heavy atom. The standard InChI is InChI=1S/C48H48Br4N4O6/c1-30(2)26-27-56(47(62)54-35(44(53)59)28-32-18-9-4-10-19-32)46(61)48(29-33-20-11-5-12-21-33,36(57)25-15-22-31-16-7-3-8-17-31)55-45(60)38-41(51)39(49)37(40(50)42(38)52)43(58)34-23-13-6-14-24-34/h3-14,16-21,23-24,30,35-36,57H,15,22,25-29H2,1-2H3,(H2,53,59)(H,54,62)(H,55,60)/t35-,36+,48-/m0/s1. The Bertz CT molecular complexity index is 2320. The van der Waals surface area contributed by atoms with Gasteiger partial charge in [-0.25, -0.2) is 4.79 Å². The highest BCUT2D eigenvalue weighted by molar-refractivity contribution is 9.14. The van der Waals surface area contributed by atoms with Crippen molar-refractivity contribution in [2.75, 3.05) is 6.54 Å². The van der Waals surface area contributed by atoms with Crippen LogP contribution in [0.25, 0.3) is 0 Å². The van der Waals surface area contributed by atoms with Gasteiger partial charge in [-0.2, -0.15) is 0 Å². The molecule has 0 heterocycles. The molecule has 62 heavy (non-hydrogen) atoms. The molecular formula is C48H48Br4N4O6. The van der Waals surface area contributed by atoms with Crippen molar-refractivity contribution in [1.29, 1.82) is 0 Å². The third-order valence-corrected chi connectivity index (χ3v) is 14.7. The molecule has 0 aliphatic heterocycles. The smallest absolute Gasteiger partial charge is 0.324 e. The lowest BCUT2D eigenvalue weighted by molar-refractivity contribution is -0.140. The number of carbonyl (C=O) groups is 5. The number of carbonyl (C=O) groups excluding carboxylic acids is 5. The normalized spacial score (nSPS) is 13.1. The number of amides is 5. The minimum atomic E-state index is -2.17. The number of nitrogens with zero attached hydrogens (tertiary/aromatic N) is 1. The van der Waals surface area contributed by atoms with Crippen molar-refractivity contribution in [2.24, 2.45) is 11.7 Å². The summed E-state index contributed by atoms with van der Waals surface area (Å²) in [6.45, 7) is 3.77. The Morgan fingerprint density at radius 1 is 0.677 bits per heavy atom. The van der Waals surface area contributed by atoms with Gasteiger partial charge in [0.25, 0.3) is 11.8 Å². The molecule has 5 aromatic rings. The van der Waals surface area contributed by atoms with Gasteiger partial charge >= 0.3 is 6.03 Å². The topological polar surface area (TPSA) is 159 Å². The van der Waals surface area contributed by atoms with Crippen molar-refractivity contribution in [3.05, 3.63) is 173 Å². The maximum Gasteiger partial charge on any atom is 0.324 e. The summed E-state index contributed by atoms with van der Waals surface area (Å²) in [7, 11) is 0. The Labute approximate surface area is 396 Å². The van der Waals surface area contributed by atoms with Crippen LogP contribution in [0.15, 0.2) is 139 Å². The maximum absolute atomic E-state index is 15.7. The number of aliphatic hydroxyl groups is 1. The number of primary amides is 1. The SMILES string of the molecule is CC(C)CCN(C(=O)N[C@@H](Cc1ccccc1)C(N)=O)C(=O)[C@@](Cc1ccccc1)(NC(=O)c1c(Br)c(Br)c(C(=O)c2ccccc2)c(Br)c1Br)[C@H](O)CCCc1ccccc1. The van der Waals surface area contributed by atoms with Crippen molar-refractivity contribution in [2.45, 2.75) is 70.1 Å². The summed E-state index contributed by atoms with van der Waals surface area (Å²) in [6.07, 6.45) is -0.301. The van der Waals surface area contributed by atoms with Crippen molar-refractivity contribution >= 4 is 93.3 Å². The highest BCUT2D eigenvalue weighted by Crippen LogP contribution is 2.43. The molecule has 3 atom stereocenters. The summed E-state index contributed by atoms with van der Waals surface area (Å²) >= 11 is 14.2. The second-order valence-corrected chi connectivity index (χ2v) is 18.6. The number of rotatable bonds is 19. The van der Waals surface area contributed by atoms with Crippen LogP contribution in [0.3, 0.4) is 0 Å². The molecule has 0 saturated heterocycles. The first-order valence-corrected chi connectivity index (χ1v) is 23.3. The molecule has 0 radical (unpaired) electrons. The van der Waals surface area contributed by atoms with E-state index in [2.05, 4.69) is 74.4 Å². The first kappa shape index (κ1) is 48.6. The summed E-state index contributed by atoms with van der Waals surface area (Å²) in [4.78, 5) is 72.8. The average molecular weight is 1100 g/mol. The van der Waals surface area contributed by atoms with E-state index in [9.17, 15) is 19.5 Å². The molecule has 0 bridgehead atoms. The lowest BCUT2D eigenvalue weighted by Crippen LogP contribution is -2.69. The molecular weight excluding hydrogens is 1050 g/mol. The van der Waals surface area contributed by atoms with Crippen LogP contribution in [-0.2, 0) is 28.9 Å². The molecule has 0 aromatic heterocycles. The number of halogens is 4. The zero-order valence-electron chi connectivity index (χ0n) is 34.3. The highest BCUT2D eigenvalue weighted by atomic mass is 79.9. The molecule has 0 aliphatic carbocycles. The number of ketones is 1. The molecule has 0 spiro atoms. The van der Waals surface area contributed by atoms with Crippen LogP contribution in [0.5, 0.6) is 0 Å². The number of hydrogen-bond donors (Lipinski definition) is 4. The van der Waals surface area contributed by atoms with Crippen molar-refractivity contribution in [1.82, 2.24) is 15.5 Å². The minimum absolute atomic E-state index is 0.00456. The summed E-state index contributed by atoms with van der Waals surface area (Å²) in [5.74, 6) is -2.78. The van der Waals surface area contributed by atoms with Gasteiger partial charge in [-0.1, -0.05) is 135 Å². The van der Waals surface area contributed by atoms with E-state index >= 15 is 9.59 Å². The first-order valence-electron chi connectivity index (χ1n) is 20.1. The van der Waals surface area contributed by atoms with E-state index in [1.807, 2.05) is 56.3 Å². The molecule has 0 unspecified atom stereocenters. The Kier molecular flexibility index (Phi) is 17.8. The maximum atomic E-state index is 15.7. The van der Waals surface area contributed by atoms with Crippen LogP contribution < -0.4 is 16.4 Å². The van der Waals surface area contributed by atoms with Crippen LogP contribution in [0.1, 0.15) is 76.1 Å². The van der Waals surface area contributed by atoms with Crippen LogP contribution in [0.4, 0.5) is 4.79 Å². The zero-order valence-corrected chi connectivity index (χ0v) is 40.6. The Morgan fingerprint density at radius 3 is 1.68 bits per heavy atom. The highest BCUT2D eigenvalue weighted by Gasteiger charge is 2.50. The molecule has 0 saturated carbocycles. The van der Waals surface area contributed by atoms with Crippen LogP contribution in [0.2, 0.25) is 0 Å². The number of hydrogen-bond acceptors (Lipinski definition) is 6. The van der Waals surface area contributed by atoms with Gasteiger partial charge in [0.15, 0.2) is 5.78 Å². The third kappa shape index (κ3) is 12.2. The van der Waals surface area contributed by atoms with E-state index in [0.717, 1.165) is 16.0 Å². The number of imide groups is 1. The number of nitrogens with one attached hydrogen (secondary N) is 2. The molecule has 5 rings (SSSR count). The number of benzene rings is 5. The zero-order chi connectivity index (χ0) is 45.0.